The van der Waals surface area contributed by atoms with Crippen molar-refractivity contribution in [1.82, 2.24) is 0 Å². The van der Waals surface area contributed by atoms with Gasteiger partial charge in [-0.25, -0.2) is 0 Å². The molecule has 0 saturated heterocycles. The topological polar surface area (TPSA) is 49.3 Å². The molecule has 0 radical (unpaired) electrons. The minimum absolute atomic E-state index is 0.0420. The lowest BCUT2D eigenvalue weighted by Gasteiger charge is -2.22. The molecule has 1 aliphatic rings. The van der Waals surface area contributed by atoms with Crippen LogP contribution >= 0.6 is 0 Å². The fourth-order valence-corrected chi connectivity index (χ4v) is 2.18. The third kappa shape index (κ3) is 2.62. The van der Waals surface area contributed by atoms with Gasteiger partial charge in [-0.2, -0.15) is 0 Å². The molecule has 0 aliphatic heterocycles. The zero-order chi connectivity index (χ0) is 13.1. The number of benzene rings is 1. The molecule has 0 bridgehead atoms. The maximum Gasteiger partial charge on any atom is 0.168 e. The molecule has 0 fully saturated rings. The monoisotopic (exact) mass is 243 g/mol. The fraction of sp³-hybridized carbons (Fsp3) is 0.267. The fourth-order valence-electron chi connectivity index (χ4n) is 2.18. The molecule has 0 aromatic heterocycles. The van der Waals surface area contributed by atoms with Crippen molar-refractivity contribution in [2.45, 2.75) is 19.8 Å². The number of hydrogen-bond donors (Lipinski definition) is 2. The molecule has 18 heavy (non-hydrogen) atoms. The Kier molecular flexibility index (Phi) is 3.51. The highest BCUT2D eigenvalue weighted by Crippen LogP contribution is 2.29. The molecule has 3 heteroatoms. The maximum atomic E-state index is 11.9. The van der Waals surface area contributed by atoms with Crippen molar-refractivity contribution >= 4 is 11.5 Å². The van der Waals surface area contributed by atoms with Crippen LogP contribution in [0.4, 0.5) is 5.69 Å². The average molecular weight is 243 g/mol. The lowest BCUT2D eigenvalue weighted by molar-refractivity contribution is -0.116. The summed E-state index contributed by atoms with van der Waals surface area (Å²) in [5.74, 6) is 0.303. The van der Waals surface area contributed by atoms with Gasteiger partial charge in [0.15, 0.2) is 5.78 Å². The van der Waals surface area contributed by atoms with E-state index in [-0.39, 0.29) is 17.5 Å². The smallest absolute Gasteiger partial charge is 0.168 e. The average Bonchev–Trinajstić information content (AvgIpc) is 2.28. The molecule has 1 aromatic rings. The molecule has 1 aromatic carbocycles. The van der Waals surface area contributed by atoms with Crippen molar-refractivity contribution in [3.05, 3.63) is 53.9 Å². The van der Waals surface area contributed by atoms with Gasteiger partial charge in [-0.3, -0.25) is 4.79 Å². The van der Waals surface area contributed by atoms with Crippen molar-refractivity contribution in [3.8, 4) is 0 Å². The van der Waals surface area contributed by atoms with Crippen LogP contribution in [-0.2, 0) is 4.79 Å². The van der Waals surface area contributed by atoms with Gasteiger partial charge in [0.25, 0.3) is 0 Å². The quantitative estimate of drug-likeness (QED) is 0.855. The highest BCUT2D eigenvalue weighted by molar-refractivity contribution is 6.01. The van der Waals surface area contributed by atoms with Crippen LogP contribution in [0.1, 0.15) is 19.8 Å². The van der Waals surface area contributed by atoms with Crippen molar-refractivity contribution in [2.75, 3.05) is 5.32 Å². The number of carbonyl (C=O) groups excluding carboxylic acids is 1. The summed E-state index contributed by atoms with van der Waals surface area (Å²) in [6.07, 6.45) is 1.01. The lowest BCUT2D eigenvalue weighted by atomic mass is 9.87. The van der Waals surface area contributed by atoms with Crippen molar-refractivity contribution in [3.63, 3.8) is 0 Å². The molecule has 2 rings (SSSR count). The second-order valence-corrected chi connectivity index (χ2v) is 4.73. The maximum absolute atomic E-state index is 11.9. The van der Waals surface area contributed by atoms with Gasteiger partial charge in [-0.1, -0.05) is 31.7 Å². The van der Waals surface area contributed by atoms with E-state index >= 15 is 0 Å². The Bertz CT molecular complexity index is 502. The number of ketones is 1. The molecule has 1 unspecified atom stereocenters. The van der Waals surface area contributed by atoms with Gasteiger partial charge in [-0.05, 0) is 18.1 Å². The predicted octanol–water partition coefficient (Wildman–Crippen LogP) is 3.42. The summed E-state index contributed by atoms with van der Waals surface area (Å²) in [6.45, 7) is 5.81. The van der Waals surface area contributed by atoms with Crippen LogP contribution in [0, 0.1) is 5.92 Å². The third-order valence-corrected chi connectivity index (χ3v) is 3.01. The van der Waals surface area contributed by atoms with Crippen molar-refractivity contribution in [2.24, 2.45) is 5.92 Å². The number of hydrogen-bond acceptors (Lipinski definition) is 3. The van der Waals surface area contributed by atoms with Gasteiger partial charge in [0.1, 0.15) is 5.76 Å². The molecule has 1 atom stereocenters. The van der Waals surface area contributed by atoms with E-state index in [9.17, 15) is 9.90 Å². The van der Waals surface area contributed by atoms with Crippen LogP contribution < -0.4 is 5.32 Å². The first-order chi connectivity index (χ1) is 8.58. The minimum atomic E-state index is -0.0420. The SMILES string of the molecule is C=C(Nc1ccccc1)C1=C(O)CC(C)CC1=O. The van der Waals surface area contributed by atoms with Gasteiger partial charge < -0.3 is 10.4 Å². The van der Waals surface area contributed by atoms with E-state index in [1.165, 1.54) is 0 Å². The van der Waals surface area contributed by atoms with E-state index in [4.69, 9.17) is 0 Å². The van der Waals surface area contributed by atoms with Crippen LogP contribution in [0.5, 0.6) is 0 Å². The normalized spacial score (nSPS) is 19.8. The molecule has 1 aliphatic carbocycles. The number of aliphatic hydroxyl groups is 1. The molecule has 0 amide bonds. The zero-order valence-electron chi connectivity index (χ0n) is 10.4. The Morgan fingerprint density at radius 1 is 1.33 bits per heavy atom. The van der Waals surface area contributed by atoms with E-state index in [1.54, 1.807) is 0 Å². The van der Waals surface area contributed by atoms with Gasteiger partial charge in [0.2, 0.25) is 0 Å². The first-order valence-electron chi connectivity index (χ1n) is 6.04. The number of Topliss-reactive ketones (excluding diaryl/α,β-unsaturated/α-hetero) is 1. The van der Waals surface area contributed by atoms with Gasteiger partial charge >= 0.3 is 0 Å². The highest BCUT2D eigenvalue weighted by atomic mass is 16.3. The zero-order valence-corrected chi connectivity index (χ0v) is 10.4. The molecule has 0 saturated carbocycles. The summed E-state index contributed by atoms with van der Waals surface area (Å²) >= 11 is 0. The first kappa shape index (κ1) is 12.4. The van der Waals surface area contributed by atoms with E-state index in [2.05, 4.69) is 11.9 Å². The number of rotatable bonds is 3. The molecule has 3 nitrogen and oxygen atoms in total. The Balaban J connectivity index is 2.19. The third-order valence-electron chi connectivity index (χ3n) is 3.01. The Hall–Kier alpha value is -2.03. The van der Waals surface area contributed by atoms with E-state index in [0.717, 1.165) is 5.69 Å². The number of anilines is 1. The summed E-state index contributed by atoms with van der Waals surface area (Å²) < 4.78 is 0. The molecule has 0 heterocycles. The van der Waals surface area contributed by atoms with Crippen LogP contribution in [0.15, 0.2) is 53.9 Å². The largest absolute Gasteiger partial charge is 0.511 e. The highest BCUT2D eigenvalue weighted by Gasteiger charge is 2.26. The minimum Gasteiger partial charge on any atom is -0.511 e. The summed E-state index contributed by atoms with van der Waals surface area (Å²) in [7, 11) is 0. The Labute approximate surface area is 107 Å². The van der Waals surface area contributed by atoms with Crippen LogP contribution in [-0.4, -0.2) is 10.9 Å². The Morgan fingerprint density at radius 3 is 2.61 bits per heavy atom. The Morgan fingerprint density at radius 2 is 2.00 bits per heavy atom. The molecular weight excluding hydrogens is 226 g/mol. The van der Waals surface area contributed by atoms with E-state index < -0.39 is 0 Å². The van der Waals surface area contributed by atoms with Crippen LogP contribution in [0.2, 0.25) is 0 Å². The summed E-state index contributed by atoms with van der Waals surface area (Å²) in [5, 5.41) is 13.0. The van der Waals surface area contributed by atoms with Gasteiger partial charge in [-0.15, -0.1) is 0 Å². The standard InChI is InChI=1S/C15H17NO2/c1-10-8-13(17)15(14(18)9-10)11(2)16-12-6-4-3-5-7-12/h3-7,10,16-17H,2,8-9H2,1H3. The predicted molar refractivity (Wildman–Crippen MR) is 72.3 cm³/mol. The number of allylic oxidation sites excluding steroid dienone is 2. The van der Waals surface area contributed by atoms with Crippen molar-refractivity contribution < 1.29 is 9.90 Å². The second kappa shape index (κ2) is 5.08. The lowest BCUT2D eigenvalue weighted by Crippen LogP contribution is -2.21. The van der Waals surface area contributed by atoms with Gasteiger partial charge in [0, 0.05) is 24.2 Å². The second-order valence-electron chi connectivity index (χ2n) is 4.73. The first-order valence-corrected chi connectivity index (χ1v) is 6.04. The molecular formula is C15H17NO2. The van der Waals surface area contributed by atoms with Crippen LogP contribution in [0.3, 0.4) is 0 Å². The number of aliphatic hydroxyl groups excluding tert-OH is 1. The molecule has 2 N–H and O–H groups in total. The van der Waals surface area contributed by atoms with E-state index in [0.29, 0.717) is 24.1 Å². The summed E-state index contributed by atoms with van der Waals surface area (Å²) in [5.41, 5.74) is 1.67. The molecule has 0 spiro atoms. The summed E-state index contributed by atoms with van der Waals surface area (Å²) in [4.78, 5) is 11.9. The number of para-hydroxylation sites is 1. The number of carbonyl (C=O) groups is 1. The van der Waals surface area contributed by atoms with E-state index in [1.807, 2.05) is 37.3 Å². The van der Waals surface area contributed by atoms with Crippen molar-refractivity contribution in [1.29, 1.82) is 0 Å². The van der Waals surface area contributed by atoms with Gasteiger partial charge in [0.05, 0.1) is 5.57 Å². The molecule has 94 valence electrons. The van der Waals surface area contributed by atoms with Crippen LogP contribution in [0.25, 0.3) is 0 Å². The number of nitrogens with one attached hydrogen (secondary N) is 1. The summed E-state index contributed by atoms with van der Waals surface area (Å²) in [6, 6.07) is 9.48.